The molecule has 0 bridgehead atoms. The highest BCUT2D eigenvalue weighted by atomic mass is 16.5. The fourth-order valence-electron chi connectivity index (χ4n) is 2.15. The van der Waals surface area contributed by atoms with Gasteiger partial charge in [-0.05, 0) is 18.6 Å². The number of rotatable bonds is 5. The van der Waals surface area contributed by atoms with E-state index in [1.54, 1.807) is 22.9 Å². The van der Waals surface area contributed by atoms with Crippen molar-refractivity contribution in [2.75, 3.05) is 31.6 Å². The van der Waals surface area contributed by atoms with E-state index in [0.717, 1.165) is 25.1 Å². The van der Waals surface area contributed by atoms with Crippen molar-refractivity contribution in [1.29, 1.82) is 0 Å². The molecule has 1 aromatic rings. The first-order chi connectivity index (χ1) is 9.61. The molecule has 108 valence electrons. The smallest absolute Gasteiger partial charge is 0.331 e. The van der Waals surface area contributed by atoms with E-state index in [0.29, 0.717) is 5.75 Å². The van der Waals surface area contributed by atoms with Crippen LogP contribution in [0.2, 0.25) is 0 Å². The lowest BCUT2D eigenvalue weighted by atomic mass is 10.2. The molecule has 0 aromatic heterocycles. The van der Waals surface area contributed by atoms with E-state index in [1.807, 2.05) is 18.2 Å². The second-order valence-corrected chi connectivity index (χ2v) is 4.97. The molecular formula is C15H20N2O3. The average Bonchev–Trinajstić information content (AvgIpc) is 2.44. The van der Waals surface area contributed by atoms with Crippen LogP contribution >= 0.6 is 0 Å². The Balaban J connectivity index is 2.06. The van der Waals surface area contributed by atoms with Gasteiger partial charge in [0, 0.05) is 13.6 Å². The number of benzene rings is 1. The van der Waals surface area contributed by atoms with Gasteiger partial charge in [0.2, 0.25) is 5.91 Å². The van der Waals surface area contributed by atoms with Gasteiger partial charge in [-0.1, -0.05) is 25.5 Å². The third-order valence-electron chi connectivity index (χ3n) is 3.35. The molecule has 0 unspecified atom stereocenters. The first-order valence-electron chi connectivity index (χ1n) is 6.90. The maximum absolute atomic E-state index is 12.2. The Kier molecular flexibility index (Phi) is 4.61. The fourth-order valence-corrected chi connectivity index (χ4v) is 2.15. The Morgan fingerprint density at radius 2 is 2.15 bits per heavy atom. The number of carbonyl (C=O) groups is 2. The highest BCUT2D eigenvalue weighted by Crippen LogP contribution is 2.31. The minimum Gasteiger partial charge on any atom is -0.423 e. The number of likely N-dealkylation sites (N-methyl/N-ethyl adjacent to an activating group) is 1. The number of esters is 1. The van der Waals surface area contributed by atoms with Crippen LogP contribution in [0.3, 0.4) is 0 Å². The predicted octanol–water partition coefficient (Wildman–Crippen LogP) is 1.67. The van der Waals surface area contributed by atoms with E-state index >= 15 is 0 Å². The summed E-state index contributed by atoms with van der Waals surface area (Å²) in [4.78, 5) is 27.2. The van der Waals surface area contributed by atoms with Crippen molar-refractivity contribution >= 4 is 17.6 Å². The monoisotopic (exact) mass is 276 g/mol. The van der Waals surface area contributed by atoms with Gasteiger partial charge in [-0.15, -0.1) is 0 Å². The fraction of sp³-hybridized carbons (Fsp3) is 0.467. The Morgan fingerprint density at radius 3 is 2.90 bits per heavy atom. The van der Waals surface area contributed by atoms with Crippen molar-refractivity contribution in [3.8, 4) is 5.75 Å². The second-order valence-electron chi connectivity index (χ2n) is 4.97. The van der Waals surface area contributed by atoms with Crippen LogP contribution in [-0.4, -0.2) is 43.5 Å². The number of anilines is 1. The molecule has 0 spiro atoms. The molecule has 1 aliphatic heterocycles. The molecule has 0 fully saturated rings. The molecule has 5 nitrogen and oxygen atoms in total. The third-order valence-corrected chi connectivity index (χ3v) is 3.35. The summed E-state index contributed by atoms with van der Waals surface area (Å²) in [5, 5.41) is 0. The normalized spacial score (nSPS) is 13.7. The number of fused-ring (bicyclic) bond motifs is 1. The van der Waals surface area contributed by atoms with E-state index in [2.05, 4.69) is 6.92 Å². The van der Waals surface area contributed by atoms with Crippen LogP contribution in [0.5, 0.6) is 5.75 Å². The van der Waals surface area contributed by atoms with Crippen LogP contribution in [0.15, 0.2) is 24.3 Å². The Morgan fingerprint density at radius 1 is 1.40 bits per heavy atom. The van der Waals surface area contributed by atoms with E-state index in [-0.39, 0.29) is 25.0 Å². The molecular weight excluding hydrogens is 256 g/mol. The maximum Gasteiger partial charge on any atom is 0.331 e. The molecule has 5 heteroatoms. The number of carbonyl (C=O) groups excluding carboxylic acids is 2. The lowest BCUT2D eigenvalue weighted by Gasteiger charge is -2.30. The van der Waals surface area contributed by atoms with E-state index in [4.69, 9.17) is 4.74 Å². The second kappa shape index (κ2) is 6.41. The molecule has 0 radical (unpaired) electrons. The summed E-state index contributed by atoms with van der Waals surface area (Å²) >= 11 is 0. The quantitative estimate of drug-likeness (QED) is 0.606. The van der Waals surface area contributed by atoms with E-state index in [1.165, 1.54) is 0 Å². The number of amides is 1. The molecule has 1 aromatic carbocycles. The van der Waals surface area contributed by atoms with Gasteiger partial charge in [0.1, 0.15) is 6.54 Å². The molecule has 0 saturated carbocycles. The summed E-state index contributed by atoms with van der Waals surface area (Å²) in [6, 6.07) is 7.28. The maximum atomic E-state index is 12.2. The first kappa shape index (κ1) is 14.4. The topological polar surface area (TPSA) is 49.9 Å². The standard InChI is InChI=1S/C15H20N2O3/c1-3-4-9-16(2)14(18)10-17-11-15(19)20-13-8-6-5-7-12(13)17/h5-8H,3-4,9-11H2,1-2H3. The largest absolute Gasteiger partial charge is 0.423 e. The lowest BCUT2D eigenvalue weighted by molar-refractivity contribution is -0.133. The molecule has 2 rings (SSSR count). The van der Waals surface area contributed by atoms with Crippen LogP contribution in [-0.2, 0) is 9.59 Å². The number of unbranched alkanes of at least 4 members (excludes halogenated alkanes) is 1. The molecule has 0 saturated heterocycles. The Hall–Kier alpha value is -2.04. The van der Waals surface area contributed by atoms with Crippen LogP contribution in [0.1, 0.15) is 19.8 Å². The highest BCUT2D eigenvalue weighted by Gasteiger charge is 2.25. The first-order valence-corrected chi connectivity index (χ1v) is 6.90. The van der Waals surface area contributed by atoms with Gasteiger partial charge < -0.3 is 14.5 Å². The van der Waals surface area contributed by atoms with Crippen molar-refractivity contribution in [3.05, 3.63) is 24.3 Å². The SMILES string of the molecule is CCCCN(C)C(=O)CN1CC(=O)Oc2ccccc21. The summed E-state index contributed by atoms with van der Waals surface area (Å²) in [6.07, 6.45) is 2.04. The summed E-state index contributed by atoms with van der Waals surface area (Å²) < 4.78 is 5.16. The third kappa shape index (κ3) is 3.29. The molecule has 0 N–H and O–H groups in total. The molecule has 1 aliphatic rings. The van der Waals surface area contributed by atoms with Crippen LogP contribution in [0, 0.1) is 0 Å². The van der Waals surface area contributed by atoms with Crippen LogP contribution in [0.25, 0.3) is 0 Å². The van der Waals surface area contributed by atoms with Gasteiger partial charge in [0.15, 0.2) is 5.75 Å². The van der Waals surface area contributed by atoms with Gasteiger partial charge in [-0.3, -0.25) is 4.79 Å². The molecule has 0 atom stereocenters. The molecule has 20 heavy (non-hydrogen) atoms. The van der Waals surface area contributed by atoms with E-state index in [9.17, 15) is 9.59 Å². The lowest BCUT2D eigenvalue weighted by Crippen LogP contribution is -2.44. The van der Waals surface area contributed by atoms with Crippen molar-refractivity contribution in [3.63, 3.8) is 0 Å². The van der Waals surface area contributed by atoms with Crippen molar-refractivity contribution in [2.24, 2.45) is 0 Å². The van der Waals surface area contributed by atoms with Gasteiger partial charge in [0.05, 0.1) is 12.2 Å². The predicted molar refractivity (Wildman–Crippen MR) is 76.8 cm³/mol. The van der Waals surface area contributed by atoms with Crippen molar-refractivity contribution in [1.82, 2.24) is 4.90 Å². The van der Waals surface area contributed by atoms with Gasteiger partial charge in [0.25, 0.3) is 0 Å². The number of nitrogens with zero attached hydrogens (tertiary/aromatic N) is 2. The van der Waals surface area contributed by atoms with Gasteiger partial charge in [-0.2, -0.15) is 0 Å². The molecule has 1 heterocycles. The average molecular weight is 276 g/mol. The van der Waals surface area contributed by atoms with Crippen molar-refractivity contribution < 1.29 is 14.3 Å². The number of para-hydroxylation sites is 2. The van der Waals surface area contributed by atoms with Gasteiger partial charge >= 0.3 is 5.97 Å². The molecule has 0 aliphatic carbocycles. The number of hydrogen-bond donors (Lipinski definition) is 0. The number of hydrogen-bond acceptors (Lipinski definition) is 4. The molecule has 1 amide bonds. The summed E-state index contributed by atoms with van der Waals surface area (Å²) in [5.74, 6) is 0.212. The Bertz CT molecular complexity index is 502. The van der Waals surface area contributed by atoms with Crippen molar-refractivity contribution in [2.45, 2.75) is 19.8 Å². The zero-order valence-corrected chi connectivity index (χ0v) is 12.0. The zero-order valence-electron chi connectivity index (χ0n) is 12.0. The summed E-state index contributed by atoms with van der Waals surface area (Å²) in [5.41, 5.74) is 0.796. The minimum absolute atomic E-state index is 0.0166. The number of ether oxygens (including phenoxy) is 1. The van der Waals surface area contributed by atoms with Crippen LogP contribution < -0.4 is 9.64 Å². The summed E-state index contributed by atoms with van der Waals surface area (Å²) in [6.45, 7) is 3.15. The van der Waals surface area contributed by atoms with Gasteiger partial charge in [-0.25, -0.2) is 4.79 Å². The zero-order chi connectivity index (χ0) is 14.5. The minimum atomic E-state index is -0.326. The Labute approximate surface area is 119 Å². The van der Waals surface area contributed by atoms with Crippen LogP contribution in [0.4, 0.5) is 5.69 Å². The summed E-state index contributed by atoms with van der Waals surface area (Å²) in [7, 11) is 1.80. The van der Waals surface area contributed by atoms with E-state index < -0.39 is 0 Å². The highest BCUT2D eigenvalue weighted by molar-refractivity contribution is 5.89.